The van der Waals surface area contributed by atoms with Crippen LogP contribution in [-0.4, -0.2) is 38.3 Å². The monoisotopic (exact) mass is 305 g/mol. The minimum absolute atomic E-state index is 0.529. The Morgan fingerprint density at radius 1 is 1.45 bits per heavy atom. The number of nitrogens with zero attached hydrogens (tertiary/aromatic N) is 1. The van der Waals surface area contributed by atoms with Crippen LogP contribution in [0.15, 0.2) is 34.0 Å². The summed E-state index contributed by atoms with van der Waals surface area (Å²) in [5.74, 6) is 0. The van der Waals surface area contributed by atoms with E-state index < -0.39 is 37.7 Å². The van der Waals surface area contributed by atoms with Gasteiger partial charge >= 0.3 is 13.3 Å². The fourth-order valence-corrected chi connectivity index (χ4v) is 1.76. The summed E-state index contributed by atoms with van der Waals surface area (Å²) in [5, 5.41) is 0. The van der Waals surface area contributed by atoms with Gasteiger partial charge in [-0.3, -0.25) is 19.8 Å². The summed E-state index contributed by atoms with van der Waals surface area (Å²) in [7, 11) is -4.27. The molecule has 1 aliphatic rings. The summed E-state index contributed by atoms with van der Waals surface area (Å²) < 4.78 is 21.7. The molecule has 0 aliphatic carbocycles. The largest absolute Gasteiger partial charge is 0.351 e. The minimum Gasteiger partial charge on any atom is -0.336 e. The highest BCUT2D eigenvalue weighted by molar-refractivity contribution is 7.51. The molecule has 2 heterocycles. The molecule has 20 heavy (non-hydrogen) atoms. The first kappa shape index (κ1) is 14.7. The highest BCUT2D eigenvalue weighted by atomic mass is 31.2. The van der Waals surface area contributed by atoms with Crippen molar-refractivity contribution in [1.29, 1.82) is 0 Å². The van der Waals surface area contributed by atoms with Crippen LogP contribution >= 0.6 is 7.60 Å². The van der Waals surface area contributed by atoms with Crippen LogP contribution in [0.5, 0.6) is 0 Å². The first-order chi connectivity index (χ1) is 9.33. The molecule has 11 heteroatoms. The van der Waals surface area contributed by atoms with E-state index in [1.54, 1.807) is 0 Å². The Bertz CT molecular complexity index is 660. The van der Waals surface area contributed by atoms with Gasteiger partial charge in [-0.2, -0.15) is 0 Å². The van der Waals surface area contributed by atoms with Crippen molar-refractivity contribution in [3.63, 3.8) is 0 Å². The van der Waals surface area contributed by atoms with Crippen molar-refractivity contribution in [3.8, 4) is 0 Å². The topological polar surface area (TPSA) is 143 Å². The van der Waals surface area contributed by atoms with E-state index >= 15 is 0 Å². The van der Waals surface area contributed by atoms with Gasteiger partial charge in [0.2, 0.25) is 0 Å². The van der Waals surface area contributed by atoms with Crippen LogP contribution < -0.4 is 16.7 Å². The second-order valence-corrected chi connectivity index (χ2v) is 5.47. The Labute approximate surface area is 111 Å². The molecule has 1 aromatic rings. The van der Waals surface area contributed by atoms with Gasteiger partial charge in [0.15, 0.2) is 18.9 Å². The predicted octanol–water partition coefficient (Wildman–Crippen LogP) is -1.53. The Morgan fingerprint density at radius 3 is 2.85 bits per heavy atom. The number of aromatic amines is 1. The van der Waals surface area contributed by atoms with Crippen molar-refractivity contribution in [1.82, 2.24) is 9.66 Å². The van der Waals surface area contributed by atoms with Gasteiger partial charge in [0, 0.05) is 12.3 Å². The van der Waals surface area contributed by atoms with Crippen molar-refractivity contribution in [2.45, 2.75) is 12.5 Å². The van der Waals surface area contributed by atoms with E-state index in [1.165, 1.54) is 18.3 Å². The van der Waals surface area contributed by atoms with Gasteiger partial charge < -0.3 is 19.3 Å². The number of aromatic nitrogens is 2. The lowest BCUT2D eigenvalue weighted by Gasteiger charge is -2.17. The molecular formula is C9H12N3O7P. The Morgan fingerprint density at radius 2 is 2.20 bits per heavy atom. The Kier molecular flexibility index (Phi) is 4.21. The molecular weight excluding hydrogens is 293 g/mol. The fraction of sp³-hybridized carbons (Fsp3) is 0.333. The van der Waals surface area contributed by atoms with Crippen LogP contribution in [-0.2, 0) is 14.0 Å². The van der Waals surface area contributed by atoms with Crippen molar-refractivity contribution >= 4 is 7.60 Å². The molecule has 0 radical (unpaired) electrons. The third-order valence-corrected chi connectivity index (χ3v) is 2.71. The van der Waals surface area contributed by atoms with E-state index in [-0.39, 0.29) is 0 Å². The quantitative estimate of drug-likeness (QED) is 0.379. The first-order valence-electron chi connectivity index (χ1n) is 5.42. The number of hydrogen-bond acceptors (Lipinski definition) is 6. The van der Waals surface area contributed by atoms with Crippen LogP contribution in [0.25, 0.3) is 0 Å². The smallest absolute Gasteiger partial charge is 0.336 e. The second kappa shape index (κ2) is 5.73. The van der Waals surface area contributed by atoms with E-state index in [0.29, 0.717) is 0 Å². The summed E-state index contributed by atoms with van der Waals surface area (Å²) in [6.07, 6.45) is 1.72. The number of ether oxygens (including phenoxy) is 2. The molecule has 0 aromatic carbocycles. The summed E-state index contributed by atoms with van der Waals surface area (Å²) in [5.41, 5.74) is 1.41. The third kappa shape index (κ3) is 4.15. The van der Waals surface area contributed by atoms with E-state index in [9.17, 15) is 14.2 Å². The van der Waals surface area contributed by atoms with Gasteiger partial charge in [-0.15, -0.1) is 0 Å². The average molecular weight is 305 g/mol. The Hall–Kier alpha value is -1.71. The number of rotatable bonds is 5. The van der Waals surface area contributed by atoms with E-state index in [4.69, 9.17) is 19.3 Å². The van der Waals surface area contributed by atoms with Crippen LogP contribution in [0.3, 0.4) is 0 Å². The highest BCUT2D eigenvalue weighted by Crippen LogP contribution is 2.34. The second-order valence-electron chi connectivity index (χ2n) is 3.88. The van der Waals surface area contributed by atoms with Crippen molar-refractivity contribution < 1.29 is 23.8 Å². The molecule has 0 spiro atoms. The maximum absolute atomic E-state index is 11.4. The summed E-state index contributed by atoms with van der Waals surface area (Å²) in [6, 6.07) is 1.15. The first-order valence-corrected chi connectivity index (χ1v) is 7.22. The maximum Gasteiger partial charge on any atom is 0.351 e. The molecule has 0 saturated carbocycles. The van der Waals surface area contributed by atoms with Gasteiger partial charge in [0.25, 0.3) is 5.56 Å². The zero-order valence-corrected chi connectivity index (χ0v) is 10.9. The average Bonchev–Trinajstić information content (AvgIpc) is 2.77. The molecule has 2 atom stereocenters. The highest BCUT2D eigenvalue weighted by Gasteiger charge is 2.23. The van der Waals surface area contributed by atoms with Crippen molar-refractivity contribution in [2.24, 2.45) is 0 Å². The van der Waals surface area contributed by atoms with Crippen LogP contribution in [0.4, 0.5) is 0 Å². The summed E-state index contributed by atoms with van der Waals surface area (Å²) in [6.45, 7) is 0. The normalized spacial score (nSPS) is 22.1. The van der Waals surface area contributed by atoms with E-state index in [2.05, 4.69) is 5.43 Å². The third-order valence-electron chi connectivity index (χ3n) is 2.22. The predicted molar refractivity (Wildman–Crippen MR) is 66.5 cm³/mol. The van der Waals surface area contributed by atoms with Gasteiger partial charge in [-0.25, -0.2) is 9.47 Å². The molecule has 0 fully saturated rings. The number of H-pyrrole nitrogens is 1. The standard InChI is InChI=1S/C9H12N3O7P/c13-6-3-4-12(9(14)10-6)11-7-1-2-8(19-7)18-5-20(15,16)17/h1-4,7-8,11H,5H2,(H,10,13,14)(H2,15,16,17). The lowest BCUT2D eigenvalue weighted by Crippen LogP contribution is -2.39. The molecule has 0 amide bonds. The SMILES string of the molecule is O=c1ccn(NC2C=CC(OCP(=O)(O)O)O2)c(=O)[nH]1. The molecule has 1 aromatic heterocycles. The number of nitrogens with one attached hydrogen (secondary N) is 2. The molecule has 10 nitrogen and oxygen atoms in total. The lowest BCUT2D eigenvalue weighted by atomic mass is 10.5. The van der Waals surface area contributed by atoms with Crippen molar-refractivity contribution in [2.75, 3.05) is 11.8 Å². The van der Waals surface area contributed by atoms with Gasteiger partial charge in [0.1, 0.15) is 0 Å². The van der Waals surface area contributed by atoms with Gasteiger partial charge in [0.05, 0.1) is 0 Å². The van der Waals surface area contributed by atoms with Crippen LogP contribution in [0.2, 0.25) is 0 Å². The van der Waals surface area contributed by atoms with E-state index in [0.717, 1.165) is 10.7 Å². The van der Waals surface area contributed by atoms with Crippen molar-refractivity contribution in [3.05, 3.63) is 45.3 Å². The molecule has 1 aliphatic heterocycles. The molecule has 0 bridgehead atoms. The lowest BCUT2D eigenvalue weighted by molar-refractivity contribution is -0.103. The maximum atomic E-state index is 11.4. The summed E-state index contributed by atoms with van der Waals surface area (Å²) in [4.78, 5) is 41.6. The fourth-order valence-electron chi connectivity index (χ4n) is 1.42. The molecule has 2 unspecified atom stereocenters. The Balaban J connectivity index is 1.91. The summed E-state index contributed by atoms with van der Waals surface area (Å²) >= 11 is 0. The number of hydrogen-bond donors (Lipinski definition) is 4. The minimum atomic E-state index is -4.27. The van der Waals surface area contributed by atoms with Crippen LogP contribution in [0.1, 0.15) is 0 Å². The molecule has 0 saturated heterocycles. The van der Waals surface area contributed by atoms with E-state index in [1.807, 2.05) is 4.98 Å². The van der Waals surface area contributed by atoms with Crippen LogP contribution in [0, 0.1) is 0 Å². The molecule has 110 valence electrons. The molecule has 4 N–H and O–H groups in total. The zero-order valence-electron chi connectivity index (χ0n) is 10.0. The van der Waals surface area contributed by atoms with Gasteiger partial charge in [-0.05, 0) is 12.2 Å². The molecule has 2 rings (SSSR count). The van der Waals surface area contributed by atoms with Gasteiger partial charge in [-0.1, -0.05) is 0 Å². The zero-order chi connectivity index (χ0) is 14.8.